The van der Waals surface area contributed by atoms with E-state index in [0.29, 0.717) is 16.1 Å². The third-order valence-electron chi connectivity index (χ3n) is 3.97. The minimum absolute atomic E-state index is 0.148. The summed E-state index contributed by atoms with van der Waals surface area (Å²) in [6.07, 6.45) is -1.13. The molecule has 1 aromatic heterocycles. The Kier molecular flexibility index (Phi) is 5.83. The number of primary sulfonamides is 1. The molecule has 0 fully saturated rings. The summed E-state index contributed by atoms with van der Waals surface area (Å²) in [6.45, 7) is 1.40. The third-order valence-corrected chi connectivity index (χ3v) is 5.10. The highest BCUT2D eigenvalue weighted by atomic mass is 35.5. The van der Waals surface area contributed by atoms with E-state index in [0.717, 1.165) is 0 Å². The van der Waals surface area contributed by atoms with Crippen molar-refractivity contribution in [1.82, 2.24) is 4.98 Å². The summed E-state index contributed by atoms with van der Waals surface area (Å²) in [4.78, 5) is 28.6. The van der Waals surface area contributed by atoms with Gasteiger partial charge < -0.3 is 10.1 Å². The van der Waals surface area contributed by atoms with Crippen LogP contribution in [0.1, 0.15) is 17.3 Å². The average Bonchev–Trinajstić information content (AvgIpc) is 2.67. The average molecular weight is 434 g/mol. The first-order chi connectivity index (χ1) is 13.6. The van der Waals surface area contributed by atoms with Crippen molar-refractivity contribution in [3.63, 3.8) is 0 Å². The maximum atomic E-state index is 12.4. The van der Waals surface area contributed by atoms with Crippen molar-refractivity contribution < 1.29 is 22.7 Å². The Labute approximate surface area is 171 Å². The second-order valence-electron chi connectivity index (χ2n) is 6.15. The second-order valence-corrected chi connectivity index (χ2v) is 8.10. The summed E-state index contributed by atoms with van der Waals surface area (Å²) >= 11 is 5.84. The summed E-state index contributed by atoms with van der Waals surface area (Å²) < 4.78 is 28.0. The van der Waals surface area contributed by atoms with Gasteiger partial charge >= 0.3 is 5.97 Å². The number of nitrogens with one attached hydrogen (secondary N) is 1. The Morgan fingerprint density at radius 1 is 1.14 bits per heavy atom. The van der Waals surface area contributed by atoms with E-state index in [1.54, 1.807) is 24.3 Å². The van der Waals surface area contributed by atoms with Crippen LogP contribution in [0, 0.1) is 0 Å². The van der Waals surface area contributed by atoms with E-state index >= 15 is 0 Å². The highest BCUT2D eigenvalue weighted by Gasteiger charge is 2.20. The first-order valence-corrected chi connectivity index (χ1v) is 10.3. The smallest absolute Gasteiger partial charge is 0.338 e. The van der Waals surface area contributed by atoms with Crippen LogP contribution in [0.25, 0.3) is 10.9 Å². The number of esters is 1. The summed E-state index contributed by atoms with van der Waals surface area (Å²) in [5.41, 5.74) is 1.07. The van der Waals surface area contributed by atoms with Gasteiger partial charge in [0.25, 0.3) is 5.91 Å². The molecule has 0 saturated heterocycles. The summed E-state index contributed by atoms with van der Waals surface area (Å²) in [6, 6.07) is 13.5. The molecule has 150 valence electrons. The van der Waals surface area contributed by atoms with Crippen molar-refractivity contribution in [3.8, 4) is 0 Å². The fraction of sp³-hybridized carbons (Fsp3) is 0.105. The number of hydrogen-bond donors (Lipinski definition) is 2. The molecule has 0 aliphatic heterocycles. The van der Waals surface area contributed by atoms with E-state index < -0.39 is 28.0 Å². The number of sulfonamides is 1. The molecule has 3 aromatic rings. The molecule has 0 spiro atoms. The van der Waals surface area contributed by atoms with Gasteiger partial charge in [0.05, 0.1) is 16.0 Å². The molecule has 1 unspecified atom stereocenters. The fourth-order valence-corrected chi connectivity index (χ4v) is 3.22. The molecule has 0 aliphatic rings. The topological polar surface area (TPSA) is 128 Å². The molecule has 1 heterocycles. The van der Waals surface area contributed by atoms with Crippen LogP contribution in [0.15, 0.2) is 59.5 Å². The Hall–Kier alpha value is -3.01. The zero-order valence-electron chi connectivity index (χ0n) is 15.1. The molecule has 2 aromatic carbocycles. The van der Waals surface area contributed by atoms with Crippen LogP contribution in [0.5, 0.6) is 0 Å². The van der Waals surface area contributed by atoms with Gasteiger partial charge in [-0.2, -0.15) is 0 Å². The molecular formula is C19H16ClN3O5S. The van der Waals surface area contributed by atoms with Gasteiger partial charge in [0.2, 0.25) is 10.0 Å². The molecule has 0 radical (unpaired) electrons. The van der Waals surface area contributed by atoms with E-state index in [9.17, 15) is 18.0 Å². The number of nitrogens with zero attached hydrogens (tertiary/aromatic N) is 1. The first-order valence-electron chi connectivity index (χ1n) is 8.34. The summed E-state index contributed by atoms with van der Waals surface area (Å²) in [7, 11) is -3.91. The maximum Gasteiger partial charge on any atom is 0.338 e. The predicted molar refractivity (Wildman–Crippen MR) is 108 cm³/mol. The number of benzene rings is 2. The van der Waals surface area contributed by atoms with E-state index in [1.165, 1.54) is 37.3 Å². The lowest BCUT2D eigenvalue weighted by molar-refractivity contribution is -0.123. The minimum Gasteiger partial charge on any atom is -0.449 e. The highest BCUT2D eigenvalue weighted by molar-refractivity contribution is 7.89. The second kappa shape index (κ2) is 8.16. The van der Waals surface area contributed by atoms with E-state index in [2.05, 4.69) is 10.3 Å². The summed E-state index contributed by atoms with van der Waals surface area (Å²) in [5, 5.41) is 8.59. The lowest BCUT2D eigenvalue weighted by Gasteiger charge is -2.14. The standard InChI is InChI=1S/C19H16ClN3O5S/c1-11(18(24)22-14-3-2-4-15(10-14)29(21,26)27)28-19(25)13-5-7-16-12(9-13)6-8-17(20)23-16/h2-11H,1H3,(H,22,24)(H2,21,26,27). The van der Waals surface area contributed by atoms with Crippen molar-refractivity contribution in [3.05, 3.63) is 65.3 Å². The van der Waals surface area contributed by atoms with Gasteiger partial charge in [0.15, 0.2) is 6.10 Å². The van der Waals surface area contributed by atoms with E-state index in [1.807, 2.05) is 0 Å². The van der Waals surface area contributed by atoms with Gasteiger partial charge in [-0.3, -0.25) is 4.79 Å². The van der Waals surface area contributed by atoms with Gasteiger partial charge in [-0.25, -0.2) is 23.3 Å². The van der Waals surface area contributed by atoms with Crippen LogP contribution in [0.2, 0.25) is 5.15 Å². The molecule has 0 saturated carbocycles. The fourth-order valence-electron chi connectivity index (χ4n) is 2.50. The number of carbonyl (C=O) groups excluding carboxylic acids is 2. The zero-order valence-corrected chi connectivity index (χ0v) is 16.7. The van der Waals surface area contributed by atoms with Gasteiger partial charge in [0, 0.05) is 11.1 Å². The van der Waals surface area contributed by atoms with E-state index in [-0.39, 0.29) is 16.1 Å². The molecule has 3 rings (SSSR count). The third kappa shape index (κ3) is 5.08. The number of hydrogen-bond acceptors (Lipinski definition) is 6. The molecule has 3 N–H and O–H groups in total. The van der Waals surface area contributed by atoms with Gasteiger partial charge in [0.1, 0.15) is 5.15 Å². The lowest BCUT2D eigenvalue weighted by atomic mass is 10.1. The van der Waals surface area contributed by atoms with Crippen LogP contribution in [-0.2, 0) is 19.6 Å². The maximum absolute atomic E-state index is 12.4. The van der Waals surface area contributed by atoms with Crippen LogP contribution in [0.3, 0.4) is 0 Å². The Morgan fingerprint density at radius 3 is 2.62 bits per heavy atom. The molecule has 8 nitrogen and oxygen atoms in total. The number of nitrogens with two attached hydrogens (primary N) is 1. The normalized spacial score (nSPS) is 12.4. The summed E-state index contributed by atoms with van der Waals surface area (Å²) in [5.74, 6) is -1.32. The zero-order chi connectivity index (χ0) is 21.2. The van der Waals surface area contributed by atoms with Crippen LogP contribution >= 0.6 is 11.6 Å². The van der Waals surface area contributed by atoms with Crippen molar-refractivity contribution in [2.45, 2.75) is 17.9 Å². The Morgan fingerprint density at radius 2 is 1.90 bits per heavy atom. The van der Waals surface area contributed by atoms with E-state index in [4.69, 9.17) is 21.5 Å². The molecule has 10 heteroatoms. The number of fused-ring (bicyclic) bond motifs is 1. The number of amides is 1. The molecule has 1 atom stereocenters. The number of ether oxygens (including phenoxy) is 1. The van der Waals surface area contributed by atoms with Crippen molar-refractivity contribution in [2.24, 2.45) is 5.14 Å². The number of pyridine rings is 1. The monoisotopic (exact) mass is 433 g/mol. The number of halogens is 1. The number of rotatable bonds is 5. The Balaban J connectivity index is 1.69. The van der Waals surface area contributed by atoms with Crippen molar-refractivity contribution in [1.29, 1.82) is 0 Å². The van der Waals surface area contributed by atoms with Crippen LogP contribution in [-0.4, -0.2) is 31.4 Å². The van der Waals surface area contributed by atoms with Crippen molar-refractivity contribution >= 4 is 50.1 Å². The molecule has 0 bridgehead atoms. The number of anilines is 1. The van der Waals surface area contributed by atoms with Gasteiger partial charge in [-0.15, -0.1) is 0 Å². The van der Waals surface area contributed by atoms with Crippen molar-refractivity contribution in [2.75, 3.05) is 5.32 Å². The molecule has 29 heavy (non-hydrogen) atoms. The molecular weight excluding hydrogens is 418 g/mol. The number of carbonyl (C=O) groups is 2. The van der Waals surface area contributed by atoms with Crippen LogP contribution < -0.4 is 10.5 Å². The molecule has 1 amide bonds. The highest BCUT2D eigenvalue weighted by Crippen LogP contribution is 2.19. The first kappa shape index (κ1) is 20.7. The van der Waals surface area contributed by atoms with Gasteiger partial charge in [-0.05, 0) is 55.5 Å². The largest absolute Gasteiger partial charge is 0.449 e. The lowest BCUT2D eigenvalue weighted by Crippen LogP contribution is -2.30. The van der Waals surface area contributed by atoms with Gasteiger partial charge in [-0.1, -0.05) is 17.7 Å². The minimum atomic E-state index is -3.91. The molecule has 0 aliphatic carbocycles. The van der Waals surface area contributed by atoms with Crippen LogP contribution in [0.4, 0.5) is 5.69 Å². The predicted octanol–water partition coefficient (Wildman–Crippen LogP) is 2.72. The Bertz CT molecular complexity index is 1210. The number of aromatic nitrogens is 1. The SMILES string of the molecule is CC(OC(=O)c1ccc2nc(Cl)ccc2c1)C(=O)Nc1cccc(S(N)(=O)=O)c1. The quantitative estimate of drug-likeness (QED) is 0.470.